The van der Waals surface area contributed by atoms with Gasteiger partial charge in [0.1, 0.15) is 0 Å². The SMILES string of the molecule is CC(O)c1ccccc1.NC=O. The number of hydrogen-bond donors (Lipinski definition) is 2. The molecular formula is C9H13NO2. The number of carbonyl (C=O) groups excluding carboxylic acids is 1. The van der Waals surface area contributed by atoms with Gasteiger partial charge in [-0.3, -0.25) is 4.79 Å². The lowest BCUT2D eigenvalue weighted by Gasteiger charge is -2.00. The average Bonchev–Trinajstić information content (AvgIpc) is 2.07. The highest BCUT2D eigenvalue weighted by molar-refractivity contribution is 5.42. The van der Waals surface area contributed by atoms with Crippen molar-refractivity contribution in [3.63, 3.8) is 0 Å². The maximum atomic E-state index is 9.02. The van der Waals surface area contributed by atoms with Gasteiger partial charge < -0.3 is 10.8 Å². The first kappa shape index (κ1) is 10.7. The number of benzene rings is 1. The van der Waals surface area contributed by atoms with Crippen LogP contribution >= 0.6 is 0 Å². The number of aliphatic hydroxyl groups is 1. The normalized spacial score (nSPS) is 10.8. The number of rotatable bonds is 1. The predicted octanol–water partition coefficient (Wildman–Crippen LogP) is 0.841. The molecule has 0 aromatic heterocycles. The van der Waals surface area contributed by atoms with E-state index in [1.54, 1.807) is 6.92 Å². The monoisotopic (exact) mass is 167 g/mol. The molecule has 0 aliphatic rings. The maximum absolute atomic E-state index is 9.02. The second-order valence-corrected chi connectivity index (χ2v) is 2.22. The lowest BCUT2D eigenvalue weighted by molar-refractivity contribution is -0.106. The summed E-state index contributed by atoms with van der Waals surface area (Å²) in [6.45, 7) is 1.76. The molecule has 1 aromatic rings. The third-order valence-corrected chi connectivity index (χ3v) is 1.28. The van der Waals surface area contributed by atoms with Gasteiger partial charge in [0.25, 0.3) is 0 Å². The van der Waals surface area contributed by atoms with E-state index in [4.69, 9.17) is 9.90 Å². The van der Waals surface area contributed by atoms with Crippen LogP contribution in [0.1, 0.15) is 18.6 Å². The molecule has 3 nitrogen and oxygen atoms in total. The summed E-state index contributed by atoms with van der Waals surface area (Å²) in [4.78, 5) is 8.58. The van der Waals surface area contributed by atoms with E-state index in [-0.39, 0.29) is 12.5 Å². The van der Waals surface area contributed by atoms with Crippen LogP contribution in [-0.4, -0.2) is 11.5 Å². The minimum absolute atomic E-state index is 0.250. The van der Waals surface area contributed by atoms with Crippen molar-refractivity contribution in [3.8, 4) is 0 Å². The maximum Gasteiger partial charge on any atom is 0.204 e. The molecular weight excluding hydrogens is 154 g/mol. The molecule has 1 atom stereocenters. The molecule has 0 aliphatic heterocycles. The third-order valence-electron chi connectivity index (χ3n) is 1.28. The van der Waals surface area contributed by atoms with Crippen molar-refractivity contribution in [2.75, 3.05) is 0 Å². The van der Waals surface area contributed by atoms with Crippen LogP contribution in [0, 0.1) is 0 Å². The van der Waals surface area contributed by atoms with Gasteiger partial charge in [-0.2, -0.15) is 0 Å². The Balaban J connectivity index is 0.000000354. The Labute approximate surface area is 71.8 Å². The van der Waals surface area contributed by atoms with Crippen molar-refractivity contribution in [3.05, 3.63) is 35.9 Å². The number of nitrogens with two attached hydrogens (primary N) is 1. The van der Waals surface area contributed by atoms with Crippen molar-refractivity contribution < 1.29 is 9.90 Å². The summed E-state index contributed by atoms with van der Waals surface area (Å²) < 4.78 is 0. The molecule has 0 heterocycles. The Morgan fingerprint density at radius 3 is 2.08 bits per heavy atom. The van der Waals surface area contributed by atoms with Gasteiger partial charge in [-0.25, -0.2) is 0 Å². The molecule has 3 N–H and O–H groups in total. The van der Waals surface area contributed by atoms with Crippen LogP contribution in [0.25, 0.3) is 0 Å². The Bertz CT molecular complexity index is 209. The first-order valence-electron chi connectivity index (χ1n) is 3.60. The highest BCUT2D eigenvalue weighted by Crippen LogP contribution is 2.08. The van der Waals surface area contributed by atoms with Crippen molar-refractivity contribution in [1.29, 1.82) is 0 Å². The standard InChI is InChI=1S/C8H10O.CH3NO/c1-7(9)8-5-3-2-4-6-8;2-1-3/h2-7,9H,1H3;1H,(H2,2,3). The first-order chi connectivity index (χ1) is 5.72. The second-order valence-electron chi connectivity index (χ2n) is 2.22. The molecule has 0 aliphatic carbocycles. The molecule has 0 saturated carbocycles. The molecule has 1 unspecified atom stereocenters. The molecule has 0 bridgehead atoms. The van der Waals surface area contributed by atoms with Crippen LogP contribution < -0.4 is 5.73 Å². The summed E-state index contributed by atoms with van der Waals surface area (Å²) in [5, 5.41) is 9.02. The number of carbonyl (C=O) groups is 1. The van der Waals surface area contributed by atoms with Crippen LogP contribution in [0.2, 0.25) is 0 Å². The van der Waals surface area contributed by atoms with Gasteiger partial charge in [-0.15, -0.1) is 0 Å². The number of aliphatic hydroxyl groups excluding tert-OH is 1. The molecule has 0 spiro atoms. The molecule has 0 fully saturated rings. The summed E-state index contributed by atoms with van der Waals surface area (Å²) in [6, 6.07) is 9.59. The third kappa shape index (κ3) is 4.46. The average molecular weight is 167 g/mol. The molecule has 12 heavy (non-hydrogen) atoms. The van der Waals surface area contributed by atoms with Gasteiger partial charge in [0.2, 0.25) is 6.41 Å². The Morgan fingerprint density at radius 1 is 1.42 bits per heavy atom. The smallest absolute Gasteiger partial charge is 0.204 e. The number of hydrogen-bond acceptors (Lipinski definition) is 2. The van der Waals surface area contributed by atoms with E-state index in [1.807, 2.05) is 30.3 Å². The van der Waals surface area contributed by atoms with E-state index in [1.165, 1.54) is 0 Å². The molecule has 66 valence electrons. The largest absolute Gasteiger partial charge is 0.389 e. The van der Waals surface area contributed by atoms with Crippen molar-refractivity contribution in [2.45, 2.75) is 13.0 Å². The summed E-state index contributed by atoms with van der Waals surface area (Å²) in [5.41, 5.74) is 5.14. The van der Waals surface area contributed by atoms with Gasteiger partial charge in [0.15, 0.2) is 0 Å². The summed E-state index contributed by atoms with van der Waals surface area (Å²) in [7, 11) is 0. The molecule has 3 heteroatoms. The Hall–Kier alpha value is -1.35. The highest BCUT2D eigenvalue weighted by Gasteiger charge is 1.95. The number of amides is 1. The quantitative estimate of drug-likeness (QED) is 0.609. The summed E-state index contributed by atoms with van der Waals surface area (Å²) >= 11 is 0. The van der Waals surface area contributed by atoms with Crippen molar-refractivity contribution in [2.24, 2.45) is 5.73 Å². The van der Waals surface area contributed by atoms with Crippen LogP contribution in [0.4, 0.5) is 0 Å². The van der Waals surface area contributed by atoms with Gasteiger partial charge in [-0.1, -0.05) is 30.3 Å². The van der Waals surface area contributed by atoms with E-state index >= 15 is 0 Å². The Morgan fingerprint density at radius 2 is 1.83 bits per heavy atom. The van der Waals surface area contributed by atoms with Gasteiger partial charge >= 0.3 is 0 Å². The Kier molecular flexibility index (Phi) is 5.65. The first-order valence-corrected chi connectivity index (χ1v) is 3.60. The fourth-order valence-electron chi connectivity index (χ4n) is 0.732. The fraction of sp³-hybridized carbons (Fsp3) is 0.222. The van der Waals surface area contributed by atoms with Crippen LogP contribution in [0.5, 0.6) is 0 Å². The fourth-order valence-corrected chi connectivity index (χ4v) is 0.732. The minimum Gasteiger partial charge on any atom is -0.389 e. The van der Waals surface area contributed by atoms with Crippen LogP contribution in [0.15, 0.2) is 30.3 Å². The van der Waals surface area contributed by atoms with Gasteiger partial charge in [0, 0.05) is 0 Å². The zero-order chi connectivity index (χ0) is 9.40. The van der Waals surface area contributed by atoms with E-state index < -0.39 is 0 Å². The zero-order valence-corrected chi connectivity index (χ0v) is 6.97. The van der Waals surface area contributed by atoms with E-state index in [2.05, 4.69) is 5.73 Å². The second kappa shape index (κ2) is 6.37. The zero-order valence-electron chi connectivity index (χ0n) is 6.97. The molecule has 0 radical (unpaired) electrons. The number of primary amides is 1. The molecule has 1 amide bonds. The van der Waals surface area contributed by atoms with Gasteiger partial charge in [0.05, 0.1) is 6.10 Å². The highest BCUT2D eigenvalue weighted by atomic mass is 16.3. The molecule has 0 saturated heterocycles. The van der Waals surface area contributed by atoms with Crippen LogP contribution in [0.3, 0.4) is 0 Å². The lowest BCUT2D eigenvalue weighted by Crippen LogP contribution is -1.87. The van der Waals surface area contributed by atoms with Crippen molar-refractivity contribution >= 4 is 6.41 Å². The van der Waals surface area contributed by atoms with Crippen LogP contribution in [-0.2, 0) is 4.79 Å². The minimum atomic E-state index is -0.341. The molecule has 1 aromatic carbocycles. The van der Waals surface area contributed by atoms with Gasteiger partial charge in [-0.05, 0) is 12.5 Å². The summed E-state index contributed by atoms with van der Waals surface area (Å²) in [5.74, 6) is 0. The van der Waals surface area contributed by atoms with E-state index in [0.29, 0.717) is 0 Å². The topological polar surface area (TPSA) is 63.3 Å². The molecule has 1 rings (SSSR count). The van der Waals surface area contributed by atoms with Crippen molar-refractivity contribution in [1.82, 2.24) is 0 Å². The van der Waals surface area contributed by atoms with E-state index in [9.17, 15) is 0 Å². The van der Waals surface area contributed by atoms with E-state index in [0.717, 1.165) is 5.56 Å². The predicted molar refractivity (Wildman–Crippen MR) is 47.3 cm³/mol. The lowest BCUT2D eigenvalue weighted by atomic mass is 10.1. The summed E-state index contributed by atoms with van der Waals surface area (Å²) in [6.07, 6.45) is -0.0915.